The van der Waals surface area contributed by atoms with E-state index in [0.717, 1.165) is 25.0 Å². The standard InChI is InChI=1S/C21H24N2/c1-21(2,3)19-13-10-18(11-14-19)16-20(23-22-4)15-12-17-8-6-5-7-9-17/h5-11,13-14H,12,15-16H2,1-3H3/b23-20+. The maximum atomic E-state index is 7.04. The molecule has 2 aromatic rings. The molecular formula is C21H24N2. The lowest BCUT2D eigenvalue weighted by atomic mass is 9.86. The molecule has 0 radical (unpaired) electrons. The Morgan fingerprint density at radius 1 is 0.957 bits per heavy atom. The molecule has 23 heavy (non-hydrogen) atoms. The first-order chi connectivity index (χ1) is 11.0. The van der Waals surface area contributed by atoms with Crippen LogP contribution in [0.3, 0.4) is 0 Å². The highest BCUT2D eigenvalue weighted by Crippen LogP contribution is 2.22. The molecule has 0 aliphatic carbocycles. The van der Waals surface area contributed by atoms with Crippen LogP contribution in [0, 0.1) is 6.57 Å². The van der Waals surface area contributed by atoms with Gasteiger partial charge in [0.05, 0.1) is 5.10 Å². The van der Waals surface area contributed by atoms with Crippen molar-refractivity contribution in [3.05, 3.63) is 82.8 Å². The second-order valence-corrected chi connectivity index (χ2v) is 6.88. The number of aryl methyl sites for hydroxylation is 1. The molecule has 0 bridgehead atoms. The van der Waals surface area contributed by atoms with Gasteiger partial charge >= 0.3 is 0 Å². The average Bonchev–Trinajstić information content (AvgIpc) is 2.53. The van der Waals surface area contributed by atoms with Crippen molar-refractivity contribution >= 4 is 5.71 Å². The highest BCUT2D eigenvalue weighted by Gasteiger charge is 2.13. The Labute approximate surface area is 139 Å². The summed E-state index contributed by atoms with van der Waals surface area (Å²) >= 11 is 0. The summed E-state index contributed by atoms with van der Waals surface area (Å²) in [5.74, 6) is 0. The summed E-state index contributed by atoms with van der Waals surface area (Å²) in [4.78, 5) is 3.24. The summed E-state index contributed by atoms with van der Waals surface area (Å²) in [5, 5.41) is 4.01. The van der Waals surface area contributed by atoms with Crippen molar-refractivity contribution in [2.45, 2.75) is 45.4 Å². The number of hydrogen-bond acceptors (Lipinski definition) is 1. The molecule has 0 N–H and O–H groups in total. The molecule has 0 amide bonds. The lowest BCUT2D eigenvalue weighted by Gasteiger charge is -2.19. The van der Waals surface area contributed by atoms with Crippen molar-refractivity contribution in [2.24, 2.45) is 5.10 Å². The van der Waals surface area contributed by atoms with Gasteiger partial charge in [0.25, 0.3) is 0 Å². The van der Waals surface area contributed by atoms with Crippen LogP contribution in [0.5, 0.6) is 0 Å². The first kappa shape index (κ1) is 17.0. The molecule has 0 aliphatic rings. The molecule has 2 heteroatoms. The summed E-state index contributed by atoms with van der Waals surface area (Å²) in [7, 11) is 0. The molecule has 2 rings (SSSR count). The fourth-order valence-electron chi connectivity index (χ4n) is 2.54. The van der Waals surface area contributed by atoms with Crippen LogP contribution in [-0.2, 0) is 18.3 Å². The van der Waals surface area contributed by atoms with Crippen molar-refractivity contribution < 1.29 is 0 Å². The van der Waals surface area contributed by atoms with Gasteiger partial charge in [0.15, 0.2) is 0 Å². The van der Waals surface area contributed by atoms with Crippen LogP contribution < -0.4 is 0 Å². The van der Waals surface area contributed by atoms with Crippen LogP contribution in [0.1, 0.15) is 43.9 Å². The second-order valence-electron chi connectivity index (χ2n) is 6.88. The molecule has 0 aliphatic heterocycles. The molecule has 0 unspecified atom stereocenters. The summed E-state index contributed by atoms with van der Waals surface area (Å²) in [5.41, 5.74) is 4.95. The second kappa shape index (κ2) is 7.74. The predicted octanol–water partition coefficient (Wildman–Crippen LogP) is 5.43. The number of rotatable bonds is 5. The highest BCUT2D eigenvalue weighted by atomic mass is 15.2. The predicted molar refractivity (Wildman–Crippen MR) is 97.6 cm³/mol. The van der Waals surface area contributed by atoms with Crippen LogP contribution in [-0.4, -0.2) is 5.71 Å². The molecule has 0 spiro atoms. The van der Waals surface area contributed by atoms with E-state index in [1.807, 2.05) is 18.2 Å². The molecule has 0 saturated carbocycles. The zero-order valence-corrected chi connectivity index (χ0v) is 14.2. The Morgan fingerprint density at radius 2 is 1.61 bits per heavy atom. The maximum Gasteiger partial charge on any atom is 0.105 e. The summed E-state index contributed by atoms with van der Waals surface area (Å²) < 4.78 is 0. The first-order valence-corrected chi connectivity index (χ1v) is 8.04. The van der Waals surface area contributed by atoms with Gasteiger partial charge in [-0.2, -0.15) is 6.57 Å². The highest BCUT2D eigenvalue weighted by molar-refractivity contribution is 5.87. The van der Waals surface area contributed by atoms with E-state index < -0.39 is 0 Å². The van der Waals surface area contributed by atoms with Gasteiger partial charge in [-0.05, 0) is 34.9 Å². The largest absolute Gasteiger partial charge is 0.181 e. The minimum Gasteiger partial charge on any atom is -0.181 e. The number of benzene rings is 2. The molecule has 2 aromatic carbocycles. The van der Waals surface area contributed by atoms with E-state index in [4.69, 9.17) is 6.57 Å². The van der Waals surface area contributed by atoms with Gasteiger partial charge in [0, 0.05) is 6.42 Å². The zero-order chi connectivity index (χ0) is 16.7. The Hall–Kier alpha value is -2.40. The van der Waals surface area contributed by atoms with Gasteiger partial charge in [0.2, 0.25) is 0 Å². The lowest BCUT2D eigenvalue weighted by Crippen LogP contribution is -2.11. The van der Waals surface area contributed by atoms with Crippen molar-refractivity contribution in [2.75, 3.05) is 0 Å². The molecule has 0 heterocycles. The van der Waals surface area contributed by atoms with Gasteiger partial charge in [0.1, 0.15) is 5.71 Å². The molecule has 0 saturated heterocycles. The molecule has 0 aromatic heterocycles. The quantitative estimate of drug-likeness (QED) is 0.398. The van der Waals surface area contributed by atoms with Crippen LogP contribution >= 0.6 is 0 Å². The average molecular weight is 304 g/mol. The van der Waals surface area contributed by atoms with E-state index in [2.05, 4.69) is 67.2 Å². The van der Waals surface area contributed by atoms with Gasteiger partial charge in [-0.15, -0.1) is 4.95 Å². The van der Waals surface area contributed by atoms with Crippen LogP contribution in [0.15, 0.2) is 59.7 Å². The van der Waals surface area contributed by atoms with E-state index in [9.17, 15) is 0 Å². The van der Waals surface area contributed by atoms with Crippen molar-refractivity contribution in [1.82, 2.24) is 0 Å². The monoisotopic (exact) mass is 304 g/mol. The Morgan fingerprint density at radius 3 is 2.17 bits per heavy atom. The van der Waals surface area contributed by atoms with E-state index in [-0.39, 0.29) is 5.41 Å². The fraction of sp³-hybridized carbons (Fsp3) is 0.333. The molecule has 118 valence electrons. The topological polar surface area (TPSA) is 16.7 Å². The Bertz CT molecular complexity index is 683. The smallest absolute Gasteiger partial charge is 0.105 e. The zero-order valence-electron chi connectivity index (χ0n) is 14.2. The van der Waals surface area contributed by atoms with Gasteiger partial charge < -0.3 is 0 Å². The maximum absolute atomic E-state index is 7.04. The van der Waals surface area contributed by atoms with Gasteiger partial charge in [-0.1, -0.05) is 75.4 Å². The molecular weight excluding hydrogens is 280 g/mol. The number of nitrogens with zero attached hydrogens (tertiary/aromatic N) is 2. The Balaban J connectivity index is 2.02. The van der Waals surface area contributed by atoms with Crippen LogP contribution in [0.4, 0.5) is 0 Å². The summed E-state index contributed by atoms with van der Waals surface area (Å²) in [6, 6.07) is 19.0. The SMILES string of the molecule is [C-]#[N+]/N=C(\CCc1ccccc1)Cc1ccc(C(C)(C)C)cc1. The van der Waals surface area contributed by atoms with Crippen LogP contribution in [0.2, 0.25) is 0 Å². The fourth-order valence-corrected chi connectivity index (χ4v) is 2.54. The molecule has 2 nitrogen and oxygen atoms in total. The van der Waals surface area contributed by atoms with Gasteiger partial charge in [-0.3, -0.25) is 0 Å². The van der Waals surface area contributed by atoms with Gasteiger partial charge in [-0.25, -0.2) is 0 Å². The third-order valence-electron chi connectivity index (χ3n) is 3.96. The molecule has 0 atom stereocenters. The third kappa shape index (κ3) is 5.38. The molecule has 0 fully saturated rings. The lowest BCUT2D eigenvalue weighted by molar-refractivity contribution is 0.590. The third-order valence-corrected chi connectivity index (χ3v) is 3.96. The van der Waals surface area contributed by atoms with E-state index in [0.29, 0.717) is 0 Å². The van der Waals surface area contributed by atoms with Crippen LogP contribution in [0.25, 0.3) is 4.95 Å². The number of hydrogen-bond donors (Lipinski definition) is 0. The normalized spacial score (nSPS) is 12.0. The Kier molecular flexibility index (Phi) is 5.71. The van der Waals surface area contributed by atoms with E-state index >= 15 is 0 Å². The summed E-state index contributed by atoms with van der Waals surface area (Å²) in [6.45, 7) is 13.7. The van der Waals surface area contributed by atoms with Crippen molar-refractivity contribution in [3.63, 3.8) is 0 Å². The van der Waals surface area contributed by atoms with E-state index in [1.54, 1.807) is 0 Å². The van der Waals surface area contributed by atoms with Crippen molar-refractivity contribution in [1.29, 1.82) is 0 Å². The summed E-state index contributed by atoms with van der Waals surface area (Å²) in [6.07, 6.45) is 2.50. The van der Waals surface area contributed by atoms with Crippen molar-refractivity contribution in [3.8, 4) is 0 Å². The minimum atomic E-state index is 0.166. The minimum absolute atomic E-state index is 0.166. The first-order valence-electron chi connectivity index (χ1n) is 8.04. The van der Waals surface area contributed by atoms with E-state index in [1.165, 1.54) is 16.7 Å².